The molecule has 0 saturated carbocycles. The fraction of sp³-hybridized carbons (Fsp3) is 0.185. The van der Waals surface area contributed by atoms with E-state index in [2.05, 4.69) is 5.32 Å². The molecule has 0 bridgehead atoms. The average Bonchev–Trinajstić information content (AvgIpc) is 3.16. The van der Waals surface area contributed by atoms with Crippen molar-refractivity contribution in [1.29, 1.82) is 0 Å². The van der Waals surface area contributed by atoms with Gasteiger partial charge in [0.2, 0.25) is 5.91 Å². The lowest BCUT2D eigenvalue weighted by molar-refractivity contribution is -0.130. The van der Waals surface area contributed by atoms with Gasteiger partial charge in [-0.2, -0.15) is 0 Å². The van der Waals surface area contributed by atoms with Crippen LogP contribution in [0.25, 0.3) is 0 Å². The highest BCUT2D eigenvalue weighted by atomic mass is 35.5. The molecule has 3 aromatic carbocycles. The fourth-order valence-electron chi connectivity index (χ4n) is 4.63. The lowest BCUT2D eigenvalue weighted by Gasteiger charge is -2.28. The maximum absolute atomic E-state index is 14.0. The van der Waals surface area contributed by atoms with Crippen molar-refractivity contribution in [3.63, 3.8) is 0 Å². The molecule has 1 fully saturated rings. The van der Waals surface area contributed by atoms with Gasteiger partial charge in [-0.3, -0.25) is 19.3 Å². The first-order valence-corrected chi connectivity index (χ1v) is 11.9. The summed E-state index contributed by atoms with van der Waals surface area (Å²) >= 11 is 6.35. The number of carbonyl (C=O) groups is 3. The highest BCUT2D eigenvalue weighted by Gasteiger charge is 2.50. The summed E-state index contributed by atoms with van der Waals surface area (Å²) in [4.78, 5) is 46.4. The zero-order valence-corrected chi connectivity index (χ0v) is 20.1. The molecule has 3 amide bonds. The summed E-state index contributed by atoms with van der Waals surface area (Å²) in [7, 11) is 0. The van der Waals surface area contributed by atoms with Crippen molar-refractivity contribution in [2.45, 2.75) is 12.1 Å². The Bertz CT molecular complexity index is 1320. The number of benzene rings is 3. The van der Waals surface area contributed by atoms with E-state index >= 15 is 0 Å². The van der Waals surface area contributed by atoms with Crippen molar-refractivity contribution in [3.8, 4) is 0 Å². The van der Waals surface area contributed by atoms with Crippen LogP contribution in [0.4, 0.5) is 0 Å². The Labute approximate surface area is 213 Å². The number of piperazine rings is 1. The number of carbonyl (C=O) groups excluding carboxylic acids is 3. The van der Waals surface area contributed by atoms with E-state index in [9.17, 15) is 14.4 Å². The van der Waals surface area contributed by atoms with Gasteiger partial charge in [-0.05, 0) is 28.8 Å². The maximum atomic E-state index is 14.0. The molecule has 2 heterocycles. The summed E-state index contributed by atoms with van der Waals surface area (Å²) < 4.78 is 0. The Hall–Kier alpha value is -4.17. The van der Waals surface area contributed by atoms with Gasteiger partial charge in [0.05, 0.1) is 23.7 Å². The average molecular weight is 502 g/mol. The zero-order valence-electron chi connectivity index (χ0n) is 19.4. The third-order valence-electron chi connectivity index (χ3n) is 6.42. The predicted molar refractivity (Wildman–Crippen MR) is 136 cm³/mol. The Balaban J connectivity index is 1.47. The van der Waals surface area contributed by atoms with Crippen LogP contribution in [0, 0.1) is 0 Å². The summed E-state index contributed by atoms with van der Waals surface area (Å²) in [6.07, 6.45) is 0. The molecule has 0 unspecified atom stereocenters. The molecule has 3 N–H and O–H groups in total. The van der Waals surface area contributed by atoms with Crippen LogP contribution in [0.2, 0.25) is 5.02 Å². The number of hydrogen-bond acceptors (Lipinski definition) is 5. The summed E-state index contributed by atoms with van der Waals surface area (Å²) in [6, 6.07) is 23.6. The Morgan fingerprint density at radius 3 is 2.25 bits per heavy atom. The van der Waals surface area contributed by atoms with E-state index in [-0.39, 0.29) is 47.4 Å². The van der Waals surface area contributed by atoms with Crippen molar-refractivity contribution in [3.05, 3.63) is 106 Å². The molecule has 182 valence electrons. The first kappa shape index (κ1) is 23.6. The molecule has 0 spiro atoms. The first-order valence-electron chi connectivity index (χ1n) is 11.5. The SMILES string of the molecule is NC1=NC(c2ccccc2)(c2ccccc2)C(=O)N1Cc1ccc(Cl)c(C(=O)N2CCNC(=O)C2)c1. The second kappa shape index (κ2) is 9.47. The van der Waals surface area contributed by atoms with E-state index in [1.54, 1.807) is 18.2 Å². The van der Waals surface area contributed by atoms with Crippen molar-refractivity contribution in [2.75, 3.05) is 19.6 Å². The van der Waals surface area contributed by atoms with Crippen LogP contribution in [0.3, 0.4) is 0 Å². The van der Waals surface area contributed by atoms with Gasteiger partial charge in [-0.15, -0.1) is 0 Å². The van der Waals surface area contributed by atoms with Crippen LogP contribution in [0.15, 0.2) is 83.9 Å². The summed E-state index contributed by atoms with van der Waals surface area (Å²) in [5.41, 5.74) is 7.38. The molecule has 0 radical (unpaired) electrons. The number of hydrogen-bond donors (Lipinski definition) is 2. The second-order valence-electron chi connectivity index (χ2n) is 8.69. The third-order valence-corrected chi connectivity index (χ3v) is 6.75. The molecule has 5 rings (SSSR count). The summed E-state index contributed by atoms with van der Waals surface area (Å²) in [5, 5.41) is 2.97. The second-order valence-corrected chi connectivity index (χ2v) is 9.10. The number of nitrogens with one attached hydrogen (secondary N) is 1. The van der Waals surface area contributed by atoms with Crippen molar-refractivity contribution in [1.82, 2.24) is 15.1 Å². The van der Waals surface area contributed by atoms with Crippen LogP contribution in [-0.2, 0) is 21.7 Å². The molecule has 0 atom stereocenters. The van der Waals surface area contributed by atoms with Crippen molar-refractivity contribution < 1.29 is 14.4 Å². The lowest BCUT2D eigenvalue weighted by Crippen LogP contribution is -2.50. The standard InChI is InChI=1S/C27H24ClN5O3/c28-22-12-11-18(15-21(22)24(35)32-14-13-30-23(34)17-32)16-33-25(36)27(31-26(33)29,19-7-3-1-4-8-19)20-9-5-2-6-10-20/h1-12,15H,13-14,16-17H2,(H2,29,31)(H,30,34). The molecule has 2 aliphatic rings. The molecule has 0 aromatic heterocycles. The molecule has 8 nitrogen and oxygen atoms in total. The van der Waals surface area contributed by atoms with E-state index < -0.39 is 5.54 Å². The topological polar surface area (TPSA) is 108 Å². The van der Waals surface area contributed by atoms with Crippen LogP contribution in [0.1, 0.15) is 27.0 Å². The number of halogens is 1. The van der Waals surface area contributed by atoms with E-state index in [0.29, 0.717) is 29.8 Å². The predicted octanol–water partition coefficient (Wildman–Crippen LogP) is 2.51. The Morgan fingerprint density at radius 1 is 1.00 bits per heavy atom. The molecule has 9 heteroatoms. The molecule has 0 aliphatic carbocycles. The third kappa shape index (κ3) is 4.09. The normalized spacial score (nSPS) is 17.1. The Morgan fingerprint density at radius 2 is 1.64 bits per heavy atom. The van der Waals surface area contributed by atoms with E-state index in [1.165, 1.54) is 9.80 Å². The van der Waals surface area contributed by atoms with E-state index in [4.69, 9.17) is 22.3 Å². The largest absolute Gasteiger partial charge is 0.369 e. The minimum Gasteiger partial charge on any atom is -0.369 e. The number of nitrogens with zero attached hydrogens (tertiary/aromatic N) is 3. The van der Waals surface area contributed by atoms with Crippen molar-refractivity contribution in [2.24, 2.45) is 10.7 Å². The number of nitrogens with two attached hydrogens (primary N) is 1. The monoisotopic (exact) mass is 501 g/mol. The van der Waals surface area contributed by atoms with Crippen LogP contribution in [-0.4, -0.2) is 53.1 Å². The molecular formula is C27H24ClN5O3. The molecule has 36 heavy (non-hydrogen) atoms. The molecule has 2 aliphatic heterocycles. The highest BCUT2D eigenvalue weighted by molar-refractivity contribution is 6.33. The van der Waals surface area contributed by atoms with Gasteiger partial charge in [0.1, 0.15) is 0 Å². The number of rotatable bonds is 5. The van der Waals surface area contributed by atoms with E-state index in [0.717, 1.165) is 0 Å². The van der Waals surface area contributed by atoms with Gasteiger partial charge >= 0.3 is 0 Å². The number of aliphatic imine (C=N–C) groups is 1. The molecular weight excluding hydrogens is 478 g/mol. The van der Waals surface area contributed by atoms with Gasteiger partial charge in [-0.25, -0.2) is 4.99 Å². The molecule has 1 saturated heterocycles. The van der Waals surface area contributed by atoms with Gasteiger partial charge in [0.15, 0.2) is 11.5 Å². The number of guanidine groups is 1. The molecule has 3 aromatic rings. The first-order chi connectivity index (χ1) is 17.4. The van der Waals surface area contributed by atoms with Gasteiger partial charge < -0.3 is 16.0 Å². The van der Waals surface area contributed by atoms with Gasteiger partial charge in [-0.1, -0.05) is 78.3 Å². The van der Waals surface area contributed by atoms with Crippen LogP contribution < -0.4 is 11.1 Å². The maximum Gasteiger partial charge on any atom is 0.266 e. The van der Waals surface area contributed by atoms with Gasteiger partial charge in [0.25, 0.3) is 11.8 Å². The fourth-order valence-corrected chi connectivity index (χ4v) is 4.83. The van der Waals surface area contributed by atoms with Gasteiger partial charge in [0, 0.05) is 13.1 Å². The summed E-state index contributed by atoms with van der Waals surface area (Å²) in [5.74, 6) is -0.753. The lowest BCUT2D eigenvalue weighted by atomic mass is 9.83. The van der Waals surface area contributed by atoms with Crippen LogP contribution >= 0.6 is 11.6 Å². The minimum atomic E-state index is -1.31. The van der Waals surface area contributed by atoms with E-state index in [1.807, 2.05) is 60.7 Å². The quantitative estimate of drug-likeness (QED) is 0.560. The van der Waals surface area contributed by atoms with Crippen molar-refractivity contribution >= 4 is 35.3 Å². The zero-order chi connectivity index (χ0) is 25.3. The minimum absolute atomic E-state index is 0.0275. The smallest absolute Gasteiger partial charge is 0.266 e. The summed E-state index contributed by atoms with van der Waals surface area (Å²) in [6.45, 7) is 0.859. The highest BCUT2D eigenvalue weighted by Crippen LogP contribution is 2.40. The van der Waals surface area contributed by atoms with Crippen LogP contribution in [0.5, 0.6) is 0 Å². The number of amides is 3. The Kier molecular flexibility index (Phi) is 6.20.